The number of benzene rings is 2. The van der Waals surface area contributed by atoms with E-state index in [-0.39, 0.29) is 17.3 Å². The number of aryl methyl sites for hydroxylation is 1. The Hall–Kier alpha value is -3.19. The van der Waals surface area contributed by atoms with Gasteiger partial charge in [-0.05, 0) is 60.0 Å². The molecule has 3 aromatic rings. The number of rotatable bonds is 6. The summed E-state index contributed by atoms with van der Waals surface area (Å²) in [5.74, 6) is 0.424. The number of nitrogens with one attached hydrogen (secondary N) is 1. The van der Waals surface area contributed by atoms with Crippen LogP contribution in [0.3, 0.4) is 0 Å². The number of carbonyl (C=O) groups excluding carboxylic acids is 1. The first-order valence-corrected chi connectivity index (χ1v) is 10.9. The summed E-state index contributed by atoms with van der Waals surface area (Å²) in [6.07, 6.45) is 2.82. The van der Waals surface area contributed by atoms with Crippen LogP contribution in [0.5, 0.6) is 5.75 Å². The zero-order valence-corrected chi connectivity index (χ0v) is 17.3. The van der Waals surface area contributed by atoms with Crippen molar-refractivity contribution in [3.05, 3.63) is 77.6 Å². The number of sulfone groups is 1. The molecular formula is C22H22N2O4S. The van der Waals surface area contributed by atoms with Crippen molar-refractivity contribution in [2.75, 3.05) is 13.4 Å². The minimum atomic E-state index is -3.40. The minimum absolute atomic E-state index is 0.157. The molecule has 0 aliphatic heterocycles. The van der Waals surface area contributed by atoms with Gasteiger partial charge in [-0.3, -0.25) is 9.78 Å². The lowest BCUT2D eigenvalue weighted by molar-refractivity contribution is 0.0950. The van der Waals surface area contributed by atoms with E-state index in [1.165, 1.54) is 6.07 Å². The topological polar surface area (TPSA) is 85.4 Å². The minimum Gasteiger partial charge on any atom is -0.497 e. The molecule has 0 unspecified atom stereocenters. The van der Waals surface area contributed by atoms with Gasteiger partial charge < -0.3 is 10.1 Å². The van der Waals surface area contributed by atoms with Crippen LogP contribution < -0.4 is 10.1 Å². The van der Waals surface area contributed by atoms with E-state index in [2.05, 4.69) is 10.3 Å². The Morgan fingerprint density at radius 3 is 2.41 bits per heavy atom. The number of hydrogen-bond acceptors (Lipinski definition) is 5. The van der Waals surface area contributed by atoms with Crippen LogP contribution in [0.25, 0.3) is 11.1 Å². The van der Waals surface area contributed by atoms with Crippen molar-refractivity contribution in [3.63, 3.8) is 0 Å². The molecular weight excluding hydrogens is 388 g/mol. The SMILES string of the molecule is COc1ccc(-c2ccnc(CNC(=O)c3ccc(C)c(S(C)(=O)=O)c3)c2)cc1. The average molecular weight is 410 g/mol. The summed E-state index contributed by atoms with van der Waals surface area (Å²) < 4.78 is 28.9. The summed E-state index contributed by atoms with van der Waals surface area (Å²) in [6.45, 7) is 1.93. The molecule has 3 rings (SSSR count). The number of carbonyl (C=O) groups is 1. The van der Waals surface area contributed by atoms with E-state index in [1.54, 1.807) is 32.4 Å². The third kappa shape index (κ3) is 5.00. The second-order valence-corrected chi connectivity index (χ2v) is 8.68. The van der Waals surface area contributed by atoms with E-state index < -0.39 is 9.84 Å². The van der Waals surface area contributed by atoms with Crippen LogP contribution in [0.15, 0.2) is 65.7 Å². The highest BCUT2D eigenvalue weighted by Gasteiger charge is 2.14. The van der Waals surface area contributed by atoms with Crippen molar-refractivity contribution in [1.82, 2.24) is 10.3 Å². The average Bonchev–Trinajstić information content (AvgIpc) is 2.72. The first-order chi connectivity index (χ1) is 13.8. The van der Waals surface area contributed by atoms with E-state index in [4.69, 9.17) is 4.74 Å². The maximum Gasteiger partial charge on any atom is 0.251 e. The van der Waals surface area contributed by atoms with E-state index in [1.807, 2.05) is 36.4 Å². The van der Waals surface area contributed by atoms with Crippen LogP contribution >= 0.6 is 0 Å². The third-order valence-electron chi connectivity index (χ3n) is 4.52. The van der Waals surface area contributed by atoms with Gasteiger partial charge in [-0.1, -0.05) is 18.2 Å². The van der Waals surface area contributed by atoms with Crippen molar-refractivity contribution in [2.45, 2.75) is 18.4 Å². The summed E-state index contributed by atoms with van der Waals surface area (Å²) in [4.78, 5) is 16.9. The van der Waals surface area contributed by atoms with Gasteiger partial charge in [0.2, 0.25) is 0 Å². The molecule has 29 heavy (non-hydrogen) atoms. The molecule has 0 atom stereocenters. The van der Waals surface area contributed by atoms with E-state index in [0.29, 0.717) is 16.8 Å². The Kier molecular flexibility index (Phi) is 5.98. The molecule has 0 fully saturated rings. The van der Waals surface area contributed by atoms with Crippen molar-refractivity contribution in [2.24, 2.45) is 0 Å². The summed E-state index contributed by atoms with van der Waals surface area (Å²) >= 11 is 0. The molecule has 0 aliphatic carbocycles. The van der Waals surface area contributed by atoms with Crippen LogP contribution in [0.2, 0.25) is 0 Å². The highest BCUT2D eigenvalue weighted by Crippen LogP contribution is 2.22. The van der Waals surface area contributed by atoms with E-state index in [0.717, 1.165) is 23.1 Å². The van der Waals surface area contributed by atoms with Gasteiger partial charge >= 0.3 is 0 Å². The number of methoxy groups -OCH3 is 1. The molecule has 0 spiro atoms. The molecule has 0 radical (unpaired) electrons. The van der Waals surface area contributed by atoms with Gasteiger partial charge in [-0.25, -0.2) is 8.42 Å². The molecule has 0 saturated heterocycles. The zero-order valence-electron chi connectivity index (χ0n) is 16.5. The van der Waals surface area contributed by atoms with Gasteiger partial charge in [0.15, 0.2) is 9.84 Å². The first kappa shape index (κ1) is 20.5. The smallest absolute Gasteiger partial charge is 0.251 e. The highest BCUT2D eigenvalue weighted by atomic mass is 32.2. The largest absolute Gasteiger partial charge is 0.497 e. The molecule has 7 heteroatoms. The Morgan fingerprint density at radius 2 is 1.76 bits per heavy atom. The standard InChI is InChI=1S/C22H22N2O4S/c1-15-4-5-18(13-21(15)29(3,26)27)22(25)24-14-19-12-17(10-11-23-19)16-6-8-20(28-2)9-7-16/h4-13H,14H2,1-3H3,(H,24,25). The Labute approximate surface area is 170 Å². The fraction of sp³-hybridized carbons (Fsp3) is 0.182. The van der Waals surface area contributed by atoms with Crippen molar-refractivity contribution >= 4 is 15.7 Å². The van der Waals surface area contributed by atoms with Crippen LogP contribution in [0.4, 0.5) is 0 Å². The number of aromatic nitrogens is 1. The number of nitrogens with zero attached hydrogens (tertiary/aromatic N) is 1. The van der Waals surface area contributed by atoms with Crippen LogP contribution in [0.1, 0.15) is 21.6 Å². The van der Waals surface area contributed by atoms with E-state index in [9.17, 15) is 13.2 Å². The number of hydrogen-bond donors (Lipinski definition) is 1. The third-order valence-corrected chi connectivity index (χ3v) is 5.76. The molecule has 0 saturated carbocycles. The Morgan fingerprint density at radius 1 is 1.03 bits per heavy atom. The molecule has 0 bridgehead atoms. The van der Waals surface area contributed by atoms with Crippen molar-refractivity contribution in [1.29, 1.82) is 0 Å². The molecule has 1 aromatic heterocycles. The number of amides is 1. The lowest BCUT2D eigenvalue weighted by atomic mass is 10.1. The van der Waals surface area contributed by atoms with Crippen LogP contribution in [0, 0.1) is 6.92 Å². The zero-order chi connectivity index (χ0) is 21.0. The molecule has 150 valence electrons. The van der Waals surface area contributed by atoms with Gasteiger partial charge in [0.1, 0.15) is 5.75 Å². The Balaban J connectivity index is 1.74. The van der Waals surface area contributed by atoms with Crippen molar-refractivity contribution in [3.8, 4) is 16.9 Å². The molecule has 1 N–H and O–H groups in total. The molecule has 1 heterocycles. The first-order valence-electron chi connectivity index (χ1n) is 8.96. The maximum atomic E-state index is 12.5. The quantitative estimate of drug-likeness (QED) is 0.673. The van der Waals surface area contributed by atoms with Crippen LogP contribution in [-0.4, -0.2) is 32.7 Å². The predicted molar refractivity (Wildman–Crippen MR) is 112 cm³/mol. The van der Waals surface area contributed by atoms with E-state index >= 15 is 0 Å². The van der Waals surface area contributed by atoms with Gasteiger partial charge in [0, 0.05) is 18.0 Å². The summed E-state index contributed by atoms with van der Waals surface area (Å²) in [7, 11) is -1.78. The van der Waals surface area contributed by atoms with Gasteiger partial charge in [-0.15, -0.1) is 0 Å². The monoisotopic (exact) mass is 410 g/mol. The molecule has 2 aromatic carbocycles. The second-order valence-electron chi connectivity index (χ2n) is 6.70. The van der Waals surface area contributed by atoms with Gasteiger partial charge in [0.05, 0.1) is 24.2 Å². The summed E-state index contributed by atoms with van der Waals surface area (Å²) in [6, 6.07) is 16.1. The van der Waals surface area contributed by atoms with Crippen molar-refractivity contribution < 1.29 is 17.9 Å². The fourth-order valence-electron chi connectivity index (χ4n) is 2.95. The predicted octanol–water partition coefficient (Wildman–Crippen LogP) is 3.40. The fourth-order valence-corrected chi connectivity index (χ4v) is 3.95. The Bertz CT molecular complexity index is 1140. The lowest BCUT2D eigenvalue weighted by Gasteiger charge is -2.09. The van der Waals surface area contributed by atoms with Gasteiger partial charge in [0.25, 0.3) is 5.91 Å². The van der Waals surface area contributed by atoms with Crippen LogP contribution in [-0.2, 0) is 16.4 Å². The second kappa shape index (κ2) is 8.45. The number of pyridine rings is 1. The highest BCUT2D eigenvalue weighted by molar-refractivity contribution is 7.90. The van der Waals surface area contributed by atoms with Gasteiger partial charge in [-0.2, -0.15) is 0 Å². The molecule has 1 amide bonds. The summed E-state index contributed by atoms with van der Waals surface area (Å²) in [5.41, 5.74) is 3.58. The number of ether oxygens (including phenoxy) is 1. The lowest BCUT2D eigenvalue weighted by Crippen LogP contribution is -2.23. The normalized spacial score (nSPS) is 11.1. The molecule has 0 aliphatic rings. The molecule has 6 nitrogen and oxygen atoms in total. The summed E-state index contributed by atoms with van der Waals surface area (Å²) in [5, 5.41) is 2.79. The maximum absolute atomic E-state index is 12.5.